The van der Waals surface area contributed by atoms with E-state index in [9.17, 15) is 0 Å². The second-order valence-corrected chi connectivity index (χ2v) is 8.34. The van der Waals surface area contributed by atoms with Crippen molar-refractivity contribution in [2.24, 2.45) is 0 Å². The van der Waals surface area contributed by atoms with E-state index in [0.29, 0.717) is 0 Å². The van der Waals surface area contributed by atoms with Gasteiger partial charge in [-0.1, -0.05) is 54.9 Å². The lowest BCUT2D eigenvalue weighted by molar-refractivity contribution is -0.0367. The van der Waals surface area contributed by atoms with E-state index in [1.807, 2.05) is 24.3 Å². The summed E-state index contributed by atoms with van der Waals surface area (Å²) >= 11 is 8.31. The Morgan fingerprint density at radius 3 is 2.81 bits per heavy atom. The van der Waals surface area contributed by atoms with Gasteiger partial charge >= 0.3 is 0 Å². The minimum absolute atomic E-state index is 0.000720. The summed E-state index contributed by atoms with van der Waals surface area (Å²) in [5, 5.41) is 6.76. The average molecular weight is 399 g/mol. The van der Waals surface area contributed by atoms with Crippen LogP contribution in [0.5, 0.6) is 0 Å². The summed E-state index contributed by atoms with van der Waals surface area (Å²) in [6, 6.07) is 14.5. The quantitative estimate of drug-likeness (QED) is 0.449. The number of benzene rings is 2. The second kappa shape index (κ2) is 8.51. The van der Waals surface area contributed by atoms with Crippen LogP contribution >= 0.6 is 23.4 Å². The molecule has 0 radical (unpaired) electrons. The van der Waals surface area contributed by atoms with Gasteiger partial charge < -0.3 is 4.74 Å². The molecule has 1 aliphatic rings. The molecule has 0 N–H and O–H groups in total. The molecular weight excluding hydrogens is 376 g/mol. The highest BCUT2D eigenvalue weighted by Gasteiger charge is 2.21. The van der Waals surface area contributed by atoms with Crippen molar-refractivity contribution in [2.45, 2.75) is 37.3 Å². The molecule has 0 spiro atoms. The van der Waals surface area contributed by atoms with Gasteiger partial charge in [0.1, 0.15) is 0 Å². The zero-order chi connectivity index (χ0) is 18.6. The summed E-state index contributed by atoms with van der Waals surface area (Å²) in [5.41, 5.74) is 3.17. The van der Waals surface area contributed by atoms with Crippen LogP contribution in [0.1, 0.15) is 43.7 Å². The van der Waals surface area contributed by atoms with Crippen LogP contribution in [0.2, 0.25) is 5.02 Å². The van der Waals surface area contributed by atoms with E-state index in [1.54, 1.807) is 11.8 Å². The molecule has 27 heavy (non-hydrogen) atoms. The van der Waals surface area contributed by atoms with Crippen molar-refractivity contribution in [2.75, 3.05) is 12.4 Å². The lowest BCUT2D eigenvalue weighted by Gasteiger charge is -2.23. The molecule has 1 saturated heterocycles. The lowest BCUT2D eigenvalue weighted by atomic mass is 10.1. The number of ether oxygens (including phenoxy) is 1. The Morgan fingerprint density at radius 1 is 1.22 bits per heavy atom. The minimum Gasteiger partial charge on any atom is -0.356 e. The Labute approximate surface area is 169 Å². The number of hydrogen-bond donors (Lipinski definition) is 0. The van der Waals surface area contributed by atoms with Gasteiger partial charge in [-0.2, -0.15) is 5.10 Å². The van der Waals surface area contributed by atoms with Crippen molar-refractivity contribution in [1.82, 2.24) is 9.78 Å². The molecule has 3 aromatic rings. The number of aromatic nitrogens is 2. The van der Waals surface area contributed by atoms with Crippen LogP contribution in [0.3, 0.4) is 0 Å². The van der Waals surface area contributed by atoms with Crippen LogP contribution in [-0.4, -0.2) is 22.1 Å². The van der Waals surface area contributed by atoms with Gasteiger partial charge in [-0.25, -0.2) is 4.68 Å². The Bertz CT molecular complexity index is 946. The van der Waals surface area contributed by atoms with Crippen molar-refractivity contribution in [3.05, 3.63) is 58.7 Å². The van der Waals surface area contributed by atoms with E-state index in [-0.39, 0.29) is 6.23 Å². The molecular formula is C22H23ClN2OS. The van der Waals surface area contributed by atoms with Gasteiger partial charge in [0.2, 0.25) is 0 Å². The third-order valence-electron chi connectivity index (χ3n) is 4.75. The molecule has 0 aliphatic carbocycles. The summed E-state index contributed by atoms with van der Waals surface area (Å²) in [7, 11) is 0. The second-order valence-electron chi connectivity index (χ2n) is 6.63. The molecule has 2 heterocycles. The number of hydrogen-bond acceptors (Lipinski definition) is 3. The van der Waals surface area contributed by atoms with Crippen molar-refractivity contribution in [3.8, 4) is 0 Å². The Morgan fingerprint density at radius 2 is 2.07 bits per heavy atom. The van der Waals surface area contributed by atoms with Crippen LogP contribution < -0.4 is 0 Å². The fourth-order valence-electron chi connectivity index (χ4n) is 3.43. The highest BCUT2D eigenvalue weighted by Crippen LogP contribution is 2.36. The van der Waals surface area contributed by atoms with Gasteiger partial charge in [-0.3, -0.25) is 0 Å². The average Bonchev–Trinajstić information content (AvgIpc) is 3.06. The lowest BCUT2D eigenvalue weighted by Crippen LogP contribution is -2.19. The molecule has 140 valence electrons. The maximum absolute atomic E-state index is 6.55. The third-order valence-corrected chi connectivity index (χ3v) is 6.11. The van der Waals surface area contributed by atoms with Gasteiger partial charge in [-0.05, 0) is 48.8 Å². The summed E-state index contributed by atoms with van der Waals surface area (Å²) in [4.78, 5) is 1.10. The molecule has 4 rings (SSSR count). The molecule has 1 aliphatic heterocycles. The van der Waals surface area contributed by atoms with E-state index in [0.717, 1.165) is 57.3 Å². The molecule has 1 fully saturated rings. The Hall–Kier alpha value is -1.75. The van der Waals surface area contributed by atoms with Crippen LogP contribution in [0.25, 0.3) is 23.1 Å². The van der Waals surface area contributed by atoms with Gasteiger partial charge in [-0.15, -0.1) is 11.8 Å². The van der Waals surface area contributed by atoms with Crippen LogP contribution in [0.15, 0.2) is 47.4 Å². The van der Waals surface area contributed by atoms with Crippen molar-refractivity contribution >= 4 is 46.4 Å². The first-order valence-corrected chi connectivity index (χ1v) is 10.8. The summed E-state index contributed by atoms with van der Waals surface area (Å²) < 4.78 is 8.07. The largest absolute Gasteiger partial charge is 0.356 e. The molecule has 0 bridgehead atoms. The van der Waals surface area contributed by atoms with Crippen molar-refractivity contribution in [1.29, 1.82) is 0 Å². The normalized spacial score (nSPS) is 17.8. The van der Waals surface area contributed by atoms with Crippen molar-refractivity contribution in [3.63, 3.8) is 0 Å². The topological polar surface area (TPSA) is 27.1 Å². The fraction of sp³-hybridized carbons (Fsp3) is 0.318. The third kappa shape index (κ3) is 4.08. The molecule has 2 aromatic carbocycles. The zero-order valence-corrected chi connectivity index (χ0v) is 17.0. The van der Waals surface area contributed by atoms with E-state index in [2.05, 4.69) is 42.0 Å². The standard InChI is InChI=1S/C22H23ClN2OS/c1-2-27-21-15-20-17(14-18(21)23)19(12-11-16-8-4-3-5-9-16)24-25(20)22-10-6-7-13-26-22/h3-5,8-9,11-12,14-15,22H,2,6-7,10,13H2,1H3. The van der Waals surface area contributed by atoms with Crippen LogP contribution in [-0.2, 0) is 4.74 Å². The molecule has 1 unspecified atom stereocenters. The molecule has 0 saturated carbocycles. The maximum Gasteiger partial charge on any atom is 0.150 e. The molecule has 1 aromatic heterocycles. The first kappa shape index (κ1) is 18.6. The predicted octanol–water partition coefficient (Wildman–Crippen LogP) is 6.67. The Balaban J connectivity index is 1.80. The van der Waals surface area contributed by atoms with Gasteiger partial charge in [0, 0.05) is 16.9 Å². The summed E-state index contributed by atoms with van der Waals surface area (Å²) in [6.45, 7) is 2.94. The first-order valence-electron chi connectivity index (χ1n) is 9.45. The number of thioether (sulfide) groups is 1. The number of fused-ring (bicyclic) bond motifs is 1. The first-order chi connectivity index (χ1) is 13.3. The number of nitrogens with zero attached hydrogens (tertiary/aromatic N) is 2. The maximum atomic E-state index is 6.55. The fourth-order valence-corrected chi connectivity index (χ4v) is 4.46. The minimum atomic E-state index is 0.000720. The van der Waals surface area contributed by atoms with E-state index < -0.39 is 0 Å². The smallest absolute Gasteiger partial charge is 0.150 e. The predicted molar refractivity (Wildman–Crippen MR) is 115 cm³/mol. The molecule has 1 atom stereocenters. The highest BCUT2D eigenvalue weighted by molar-refractivity contribution is 7.99. The number of rotatable bonds is 5. The van der Waals surface area contributed by atoms with Crippen LogP contribution in [0.4, 0.5) is 0 Å². The SMILES string of the molecule is CCSc1cc2c(cc1Cl)c(C=Cc1ccccc1)nn2C1CCCCO1. The summed E-state index contributed by atoms with van der Waals surface area (Å²) in [5.74, 6) is 0.986. The molecule has 3 nitrogen and oxygen atoms in total. The number of halogens is 1. The van der Waals surface area contributed by atoms with E-state index in [4.69, 9.17) is 21.4 Å². The van der Waals surface area contributed by atoms with Gasteiger partial charge in [0.25, 0.3) is 0 Å². The zero-order valence-electron chi connectivity index (χ0n) is 15.4. The monoisotopic (exact) mass is 398 g/mol. The van der Waals surface area contributed by atoms with Gasteiger partial charge in [0.15, 0.2) is 6.23 Å². The van der Waals surface area contributed by atoms with Crippen molar-refractivity contribution < 1.29 is 4.74 Å². The highest BCUT2D eigenvalue weighted by atomic mass is 35.5. The van der Waals surface area contributed by atoms with Crippen LogP contribution in [0, 0.1) is 0 Å². The Kier molecular flexibility index (Phi) is 5.86. The van der Waals surface area contributed by atoms with E-state index in [1.165, 1.54) is 6.42 Å². The van der Waals surface area contributed by atoms with E-state index >= 15 is 0 Å². The van der Waals surface area contributed by atoms with Gasteiger partial charge in [0.05, 0.1) is 16.2 Å². The molecule has 0 amide bonds. The molecule has 5 heteroatoms. The summed E-state index contributed by atoms with van der Waals surface area (Å²) in [6.07, 6.45) is 7.46.